The largest absolute Gasteiger partial charge is 0.326 e. The van der Waals surface area contributed by atoms with Crippen molar-refractivity contribution in [2.24, 2.45) is 5.92 Å². The number of hydrogen-bond acceptors (Lipinski definition) is 3. The minimum absolute atomic E-state index is 0.0178. The van der Waals surface area contributed by atoms with Crippen molar-refractivity contribution in [3.05, 3.63) is 59.7 Å². The van der Waals surface area contributed by atoms with E-state index in [9.17, 15) is 14.4 Å². The Kier molecular flexibility index (Phi) is 4.29. The van der Waals surface area contributed by atoms with E-state index in [0.29, 0.717) is 22.5 Å². The molecule has 1 aliphatic heterocycles. The van der Waals surface area contributed by atoms with Crippen molar-refractivity contribution >= 4 is 29.1 Å². The van der Waals surface area contributed by atoms with Crippen LogP contribution in [0.15, 0.2) is 48.5 Å². The average Bonchev–Trinajstić information content (AvgIpc) is 2.94. The second-order valence-electron chi connectivity index (χ2n) is 6.87. The normalized spacial score (nSPS) is 17.3. The first-order valence-electron chi connectivity index (χ1n) is 9.04. The molecule has 0 radical (unpaired) electrons. The van der Waals surface area contributed by atoms with Crippen LogP contribution in [0.1, 0.15) is 52.8 Å². The summed E-state index contributed by atoms with van der Waals surface area (Å²) < 4.78 is 0. The summed E-state index contributed by atoms with van der Waals surface area (Å²) in [6, 6.07) is 13.7. The Hall–Kier alpha value is -2.95. The molecule has 2 aliphatic rings. The average molecular weight is 348 g/mol. The van der Waals surface area contributed by atoms with Gasteiger partial charge in [-0.1, -0.05) is 37.5 Å². The Morgan fingerprint density at radius 2 is 1.54 bits per heavy atom. The van der Waals surface area contributed by atoms with Crippen LogP contribution in [-0.2, 0) is 4.79 Å². The van der Waals surface area contributed by atoms with Crippen LogP contribution in [-0.4, -0.2) is 17.7 Å². The van der Waals surface area contributed by atoms with Gasteiger partial charge in [0, 0.05) is 11.6 Å². The van der Waals surface area contributed by atoms with E-state index in [-0.39, 0.29) is 23.6 Å². The van der Waals surface area contributed by atoms with Gasteiger partial charge in [-0.2, -0.15) is 0 Å². The summed E-state index contributed by atoms with van der Waals surface area (Å²) in [6.45, 7) is 0. The van der Waals surface area contributed by atoms with Gasteiger partial charge in [0.05, 0.1) is 16.8 Å². The van der Waals surface area contributed by atoms with Gasteiger partial charge in [0.1, 0.15) is 0 Å². The molecule has 5 nitrogen and oxygen atoms in total. The number of fused-ring (bicyclic) bond motifs is 1. The highest BCUT2D eigenvalue weighted by atomic mass is 16.2. The second kappa shape index (κ2) is 6.75. The number of hydrogen-bond donors (Lipinski definition) is 1. The quantitative estimate of drug-likeness (QED) is 0.853. The van der Waals surface area contributed by atoms with Crippen molar-refractivity contribution in [3.63, 3.8) is 0 Å². The lowest BCUT2D eigenvalue weighted by atomic mass is 9.88. The fourth-order valence-electron chi connectivity index (χ4n) is 3.76. The third-order valence-corrected chi connectivity index (χ3v) is 5.14. The van der Waals surface area contributed by atoms with Gasteiger partial charge in [0.15, 0.2) is 0 Å². The lowest BCUT2D eigenvalue weighted by Gasteiger charge is -2.21. The summed E-state index contributed by atoms with van der Waals surface area (Å²) in [4.78, 5) is 38.8. The molecule has 26 heavy (non-hydrogen) atoms. The number of carbonyl (C=O) groups is 3. The van der Waals surface area contributed by atoms with Crippen molar-refractivity contribution in [3.8, 4) is 0 Å². The molecular weight excluding hydrogens is 328 g/mol. The molecule has 132 valence electrons. The third-order valence-electron chi connectivity index (χ3n) is 5.14. The van der Waals surface area contributed by atoms with Crippen molar-refractivity contribution in [2.45, 2.75) is 32.1 Å². The van der Waals surface area contributed by atoms with Crippen LogP contribution in [0.2, 0.25) is 0 Å². The van der Waals surface area contributed by atoms with Crippen LogP contribution < -0.4 is 10.2 Å². The molecule has 4 rings (SSSR count). The number of amides is 3. The third kappa shape index (κ3) is 2.90. The van der Waals surface area contributed by atoms with Gasteiger partial charge in [-0.3, -0.25) is 14.4 Å². The summed E-state index contributed by atoms with van der Waals surface area (Å²) in [7, 11) is 0. The molecule has 1 N–H and O–H groups in total. The summed E-state index contributed by atoms with van der Waals surface area (Å²) >= 11 is 0. The molecule has 2 aromatic rings. The van der Waals surface area contributed by atoms with Crippen LogP contribution in [0.3, 0.4) is 0 Å². The number of rotatable bonds is 3. The van der Waals surface area contributed by atoms with Crippen LogP contribution in [0.25, 0.3) is 0 Å². The highest BCUT2D eigenvalue weighted by Gasteiger charge is 2.36. The smallest absolute Gasteiger partial charge is 0.266 e. The number of imide groups is 1. The SMILES string of the molecule is O=C(Nc1cccc(N2C(=O)c3ccccc3C2=O)c1)C1CCCCC1. The van der Waals surface area contributed by atoms with Crippen molar-refractivity contribution in [1.29, 1.82) is 0 Å². The maximum atomic E-state index is 12.6. The Balaban J connectivity index is 1.56. The number of carbonyl (C=O) groups excluding carboxylic acids is 3. The topological polar surface area (TPSA) is 66.5 Å². The Morgan fingerprint density at radius 1 is 0.885 bits per heavy atom. The summed E-state index contributed by atoms with van der Waals surface area (Å²) in [6.07, 6.45) is 5.22. The van der Waals surface area contributed by atoms with Gasteiger partial charge in [0.2, 0.25) is 5.91 Å². The maximum absolute atomic E-state index is 12.6. The standard InChI is InChI=1S/C21H20N2O3/c24-19(14-7-2-1-3-8-14)22-15-9-6-10-16(13-15)23-20(25)17-11-4-5-12-18(17)21(23)26/h4-6,9-14H,1-3,7-8H2,(H,22,24). The van der Waals surface area contributed by atoms with Crippen LogP contribution in [0.4, 0.5) is 11.4 Å². The van der Waals surface area contributed by atoms with Crippen molar-refractivity contribution in [2.75, 3.05) is 10.2 Å². The number of anilines is 2. The van der Waals surface area contributed by atoms with E-state index >= 15 is 0 Å². The zero-order valence-electron chi connectivity index (χ0n) is 14.4. The molecular formula is C21H20N2O3. The predicted molar refractivity (Wildman–Crippen MR) is 99.2 cm³/mol. The Morgan fingerprint density at radius 3 is 2.19 bits per heavy atom. The summed E-state index contributed by atoms with van der Waals surface area (Å²) in [5.41, 5.74) is 1.90. The first kappa shape index (κ1) is 16.5. The van der Waals surface area contributed by atoms with Gasteiger partial charge >= 0.3 is 0 Å². The first-order chi connectivity index (χ1) is 12.6. The van der Waals surface area contributed by atoms with Crippen molar-refractivity contribution < 1.29 is 14.4 Å². The molecule has 0 atom stereocenters. The molecule has 0 unspecified atom stereocenters. The zero-order valence-corrected chi connectivity index (χ0v) is 14.4. The summed E-state index contributed by atoms with van der Waals surface area (Å²) in [5, 5.41) is 2.94. The molecule has 5 heteroatoms. The Labute approximate surface area is 152 Å². The molecule has 0 bridgehead atoms. The van der Waals surface area contributed by atoms with Crippen LogP contribution in [0, 0.1) is 5.92 Å². The van der Waals surface area contributed by atoms with E-state index in [2.05, 4.69) is 5.32 Å². The van der Waals surface area contributed by atoms with Gasteiger partial charge in [0.25, 0.3) is 11.8 Å². The van der Waals surface area contributed by atoms with Gasteiger partial charge in [-0.25, -0.2) is 4.90 Å². The zero-order chi connectivity index (χ0) is 18.1. The van der Waals surface area contributed by atoms with E-state index < -0.39 is 0 Å². The number of benzene rings is 2. The fraction of sp³-hybridized carbons (Fsp3) is 0.286. The van der Waals surface area contributed by atoms with Gasteiger partial charge in [-0.05, 0) is 43.2 Å². The van der Waals surface area contributed by atoms with Gasteiger partial charge < -0.3 is 5.32 Å². The lowest BCUT2D eigenvalue weighted by molar-refractivity contribution is -0.120. The first-order valence-corrected chi connectivity index (χ1v) is 9.04. The predicted octanol–water partition coefficient (Wildman–Crippen LogP) is 4.01. The maximum Gasteiger partial charge on any atom is 0.266 e. The van der Waals surface area contributed by atoms with E-state index in [1.807, 2.05) is 0 Å². The number of nitrogens with one attached hydrogen (secondary N) is 1. The number of nitrogens with zero attached hydrogens (tertiary/aromatic N) is 1. The van der Waals surface area contributed by atoms with Gasteiger partial charge in [-0.15, -0.1) is 0 Å². The highest BCUT2D eigenvalue weighted by Crippen LogP contribution is 2.30. The molecule has 0 saturated heterocycles. The van der Waals surface area contributed by atoms with Crippen molar-refractivity contribution in [1.82, 2.24) is 0 Å². The lowest BCUT2D eigenvalue weighted by Crippen LogP contribution is -2.29. The molecule has 2 aromatic carbocycles. The molecule has 3 amide bonds. The minimum atomic E-state index is -0.332. The van der Waals surface area contributed by atoms with E-state index in [1.54, 1.807) is 48.5 Å². The minimum Gasteiger partial charge on any atom is -0.326 e. The molecule has 1 saturated carbocycles. The second-order valence-corrected chi connectivity index (χ2v) is 6.87. The monoisotopic (exact) mass is 348 g/mol. The van der Waals surface area contributed by atoms with E-state index in [0.717, 1.165) is 25.7 Å². The van der Waals surface area contributed by atoms with E-state index in [4.69, 9.17) is 0 Å². The fourth-order valence-corrected chi connectivity index (χ4v) is 3.76. The molecule has 0 aromatic heterocycles. The molecule has 0 spiro atoms. The molecule has 1 heterocycles. The Bertz CT molecular complexity index is 849. The summed E-state index contributed by atoms with van der Waals surface area (Å²) in [5.74, 6) is -0.598. The van der Waals surface area contributed by atoms with Crippen LogP contribution in [0.5, 0.6) is 0 Å². The highest BCUT2D eigenvalue weighted by molar-refractivity contribution is 6.34. The molecule has 1 aliphatic carbocycles. The van der Waals surface area contributed by atoms with E-state index in [1.165, 1.54) is 11.3 Å². The van der Waals surface area contributed by atoms with Crippen LogP contribution >= 0.6 is 0 Å². The molecule has 1 fully saturated rings.